The van der Waals surface area contributed by atoms with Gasteiger partial charge in [0, 0.05) is 38.0 Å². The van der Waals surface area contributed by atoms with Gasteiger partial charge in [-0.2, -0.15) is 0 Å². The highest BCUT2D eigenvalue weighted by Gasteiger charge is 2.52. The van der Waals surface area contributed by atoms with Gasteiger partial charge in [-0.05, 0) is 40.8 Å². The van der Waals surface area contributed by atoms with Gasteiger partial charge in [-0.1, -0.05) is 6.42 Å². The van der Waals surface area contributed by atoms with E-state index in [4.69, 9.17) is 4.74 Å². The first-order valence-electron chi connectivity index (χ1n) is 7.29. The summed E-state index contributed by atoms with van der Waals surface area (Å²) in [6.07, 6.45) is 7.20. The fourth-order valence-electron chi connectivity index (χ4n) is 3.30. The second-order valence-electron chi connectivity index (χ2n) is 6.06. The molecule has 6 heteroatoms. The van der Waals surface area contributed by atoms with E-state index in [9.17, 15) is 4.79 Å². The summed E-state index contributed by atoms with van der Waals surface area (Å²) >= 11 is 3.39. The van der Waals surface area contributed by atoms with Crippen LogP contribution in [0, 0.1) is 11.3 Å². The van der Waals surface area contributed by atoms with Crippen molar-refractivity contribution in [2.45, 2.75) is 19.3 Å². The Balaban J connectivity index is 1.59. The number of pyridine rings is 1. The number of anilines is 1. The van der Waals surface area contributed by atoms with Crippen LogP contribution in [0.25, 0.3) is 0 Å². The van der Waals surface area contributed by atoms with E-state index in [-0.39, 0.29) is 11.4 Å². The number of carbonyl (C=O) groups is 1. The zero-order valence-electron chi connectivity index (χ0n) is 12.1. The van der Waals surface area contributed by atoms with Crippen molar-refractivity contribution >= 4 is 27.6 Å². The summed E-state index contributed by atoms with van der Waals surface area (Å²) in [6.45, 7) is 2.33. The molecule has 0 aromatic carbocycles. The summed E-state index contributed by atoms with van der Waals surface area (Å²) in [5.74, 6) is 0.717. The molecule has 21 heavy (non-hydrogen) atoms. The first-order chi connectivity index (χ1) is 10.1. The SMILES string of the molecule is COCC1(C2CCC2)CN(C(=O)Nc2ccncc2Br)C1. The predicted octanol–water partition coefficient (Wildman–Crippen LogP) is 3.12. The minimum Gasteiger partial charge on any atom is -0.384 e. The molecule has 0 spiro atoms. The topological polar surface area (TPSA) is 54.5 Å². The first-order valence-corrected chi connectivity index (χ1v) is 8.08. The molecule has 1 aromatic rings. The first kappa shape index (κ1) is 14.8. The van der Waals surface area contributed by atoms with Crippen LogP contribution < -0.4 is 5.32 Å². The number of carbonyl (C=O) groups excluding carboxylic acids is 1. The molecule has 2 fully saturated rings. The van der Waals surface area contributed by atoms with E-state index in [1.807, 2.05) is 4.90 Å². The minimum atomic E-state index is -0.0482. The Morgan fingerprint density at radius 2 is 2.33 bits per heavy atom. The van der Waals surface area contributed by atoms with E-state index >= 15 is 0 Å². The second kappa shape index (κ2) is 5.93. The molecule has 1 saturated carbocycles. The highest BCUT2D eigenvalue weighted by molar-refractivity contribution is 9.10. The quantitative estimate of drug-likeness (QED) is 0.904. The molecule has 0 radical (unpaired) electrons. The molecule has 2 aliphatic rings. The van der Waals surface area contributed by atoms with Gasteiger partial charge in [-0.15, -0.1) is 0 Å². The van der Waals surface area contributed by atoms with Gasteiger partial charge < -0.3 is 15.0 Å². The van der Waals surface area contributed by atoms with E-state index in [0.717, 1.165) is 29.9 Å². The average molecular weight is 354 g/mol. The predicted molar refractivity (Wildman–Crippen MR) is 84.2 cm³/mol. The molecule has 1 N–H and O–H groups in total. The molecule has 1 aliphatic heterocycles. The van der Waals surface area contributed by atoms with Crippen LogP contribution in [0.1, 0.15) is 19.3 Å². The monoisotopic (exact) mass is 353 g/mol. The lowest BCUT2D eigenvalue weighted by atomic mass is 9.61. The number of hydrogen-bond donors (Lipinski definition) is 1. The van der Waals surface area contributed by atoms with Crippen molar-refractivity contribution in [3.05, 3.63) is 22.9 Å². The van der Waals surface area contributed by atoms with Gasteiger partial charge in [-0.3, -0.25) is 4.98 Å². The maximum absolute atomic E-state index is 12.3. The Kier molecular flexibility index (Phi) is 4.17. The zero-order valence-corrected chi connectivity index (χ0v) is 13.7. The molecule has 0 atom stereocenters. The summed E-state index contributed by atoms with van der Waals surface area (Å²) in [5, 5.41) is 2.93. The normalized spacial score (nSPS) is 20.6. The summed E-state index contributed by atoms with van der Waals surface area (Å²) in [7, 11) is 1.75. The van der Waals surface area contributed by atoms with Crippen molar-refractivity contribution < 1.29 is 9.53 Å². The van der Waals surface area contributed by atoms with Crippen molar-refractivity contribution in [2.75, 3.05) is 32.1 Å². The van der Waals surface area contributed by atoms with Crippen molar-refractivity contribution in [3.8, 4) is 0 Å². The van der Waals surface area contributed by atoms with Crippen molar-refractivity contribution in [1.82, 2.24) is 9.88 Å². The number of methoxy groups -OCH3 is 1. The van der Waals surface area contributed by atoms with Crippen LogP contribution in [-0.2, 0) is 4.74 Å². The molecule has 1 aromatic heterocycles. The Bertz CT molecular complexity index is 527. The number of nitrogens with one attached hydrogen (secondary N) is 1. The van der Waals surface area contributed by atoms with Crippen molar-refractivity contribution in [3.63, 3.8) is 0 Å². The molecule has 2 amide bonds. The largest absolute Gasteiger partial charge is 0.384 e. The number of nitrogens with zero attached hydrogens (tertiary/aromatic N) is 2. The molecular formula is C15H20BrN3O2. The molecule has 0 unspecified atom stereocenters. The maximum Gasteiger partial charge on any atom is 0.321 e. The maximum atomic E-state index is 12.3. The van der Waals surface area contributed by atoms with Crippen LogP contribution in [-0.4, -0.2) is 42.7 Å². The second-order valence-corrected chi connectivity index (χ2v) is 6.92. The molecular weight excluding hydrogens is 334 g/mol. The van der Waals surface area contributed by atoms with Gasteiger partial charge in [0.2, 0.25) is 0 Å². The van der Waals surface area contributed by atoms with Crippen LogP contribution in [0.4, 0.5) is 10.5 Å². The molecule has 2 heterocycles. The number of halogens is 1. The van der Waals surface area contributed by atoms with Crippen molar-refractivity contribution in [1.29, 1.82) is 0 Å². The van der Waals surface area contributed by atoms with Gasteiger partial charge in [-0.25, -0.2) is 4.79 Å². The zero-order chi connectivity index (χ0) is 14.9. The Morgan fingerprint density at radius 3 is 2.90 bits per heavy atom. The average Bonchev–Trinajstić information content (AvgIpc) is 2.35. The van der Waals surface area contributed by atoms with E-state index in [0.29, 0.717) is 5.92 Å². The van der Waals surface area contributed by atoms with Gasteiger partial charge >= 0.3 is 6.03 Å². The summed E-state index contributed by atoms with van der Waals surface area (Å²) in [5.41, 5.74) is 0.933. The number of rotatable bonds is 4. The number of urea groups is 1. The van der Waals surface area contributed by atoms with Gasteiger partial charge in [0.15, 0.2) is 0 Å². The standard InChI is InChI=1S/C15H20BrN3O2/c1-21-10-15(11-3-2-4-11)8-19(9-15)14(20)18-13-5-6-17-7-12(13)16/h5-7,11H,2-4,8-10H2,1H3,(H,17,18,20). The minimum absolute atomic E-state index is 0.0482. The summed E-state index contributed by atoms with van der Waals surface area (Å²) < 4.78 is 6.19. The third-order valence-corrected chi connectivity index (χ3v) is 5.35. The lowest BCUT2D eigenvalue weighted by Crippen LogP contribution is -2.65. The summed E-state index contributed by atoms with van der Waals surface area (Å²) in [4.78, 5) is 18.2. The van der Waals surface area contributed by atoms with E-state index < -0.39 is 0 Å². The Hall–Kier alpha value is -1.14. The lowest BCUT2D eigenvalue weighted by Gasteiger charge is -2.56. The highest BCUT2D eigenvalue weighted by Crippen LogP contribution is 2.48. The number of amides is 2. The molecule has 0 bridgehead atoms. The molecule has 114 valence electrons. The number of ether oxygens (including phenoxy) is 1. The van der Waals surface area contributed by atoms with Crippen LogP contribution in [0.2, 0.25) is 0 Å². The highest BCUT2D eigenvalue weighted by atomic mass is 79.9. The summed E-state index contributed by atoms with van der Waals surface area (Å²) in [6, 6.07) is 1.74. The smallest absolute Gasteiger partial charge is 0.321 e. The molecule has 5 nitrogen and oxygen atoms in total. The fourth-order valence-corrected chi connectivity index (χ4v) is 3.65. The number of likely N-dealkylation sites (tertiary alicyclic amines) is 1. The number of aromatic nitrogens is 1. The van der Waals surface area contributed by atoms with Crippen LogP contribution in [0.3, 0.4) is 0 Å². The lowest BCUT2D eigenvalue weighted by molar-refractivity contribution is -0.0920. The van der Waals surface area contributed by atoms with Crippen LogP contribution in [0.15, 0.2) is 22.9 Å². The fraction of sp³-hybridized carbons (Fsp3) is 0.600. The molecule has 1 saturated heterocycles. The molecule has 3 rings (SSSR count). The van der Waals surface area contributed by atoms with Gasteiger partial charge in [0.1, 0.15) is 0 Å². The van der Waals surface area contributed by atoms with Crippen molar-refractivity contribution in [2.24, 2.45) is 11.3 Å². The van der Waals surface area contributed by atoms with Crippen LogP contribution >= 0.6 is 15.9 Å². The Labute approximate surface area is 133 Å². The number of hydrogen-bond acceptors (Lipinski definition) is 3. The Morgan fingerprint density at radius 1 is 1.57 bits per heavy atom. The van der Waals surface area contributed by atoms with Gasteiger partial charge in [0.05, 0.1) is 16.8 Å². The third kappa shape index (κ3) is 2.79. The molecule has 1 aliphatic carbocycles. The van der Waals surface area contributed by atoms with Gasteiger partial charge in [0.25, 0.3) is 0 Å². The third-order valence-electron chi connectivity index (χ3n) is 4.72. The van der Waals surface area contributed by atoms with E-state index in [1.165, 1.54) is 19.3 Å². The van der Waals surface area contributed by atoms with E-state index in [1.54, 1.807) is 25.6 Å². The van der Waals surface area contributed by atoms with Crippen LogP contribution in [0.5, 0.6) is 0 Å². The van der Waals surface area contributed by atoms with E-state index in [2.05, 4.69) is 26.2 Å².